The van der Waals surface area contributed by atoms with Gasteiger partial charge in [0.25, 0.3) is 0 Å². The van der Waals surface area contributed by atoms with Gasteiger partial charge in [0.15, 0.2) is 0 Å². The van der Waals surface area contributed by atoms with Crippen LogP contribution < -0.4 is 10.9 Å². The van der Waals surface area contributed by atoms with E-state index in [9.17, 15) is 9.59 Å². The van der Waals surface area contributed by atoms with E-state index in [1.54, 1.807) is 26.0 Å². The number of hydrogen-bond donors (Lipinski definition) is 2. The van der Waals surface area contributed by atoms with Gasteiger partial charge in [-0.25, -0.2) is 10.9 Å². The fourth-order valence-corrected chi connectivity index (χ4v) is 2.00. The molecule has 0 bridgehead atoms. The van der Waals surface area contributed by atoms with Gasteiger partial charge in [-0.15, -0.1) is 0 Å². The molecule has 0 atom stereocenters. The van der Waals surface area contributed by atoms with Crippen molar-refractivity contribution in [1.29, 1.82) is 0 Å². The molecule has 0 radical (unpaired) electrons. The standard InChI is InChI=1S/C18H22N4O4/c1-11-5-7-15(25-11)13(3)19-21-17(23)9-10-18(24)22-20-14(4)16-8-6-12(2)26-16/h5-8H,9-10H2,1-4H3,(H,21,23)(H,22,24). The maximum absolute atomic E-state index is 11.8. The summed E-state index contributed by atoms with van der Waals surface area (Å²) in [6.45, 7) is 7.09. The van der Waals surface area contributed by atoms with E-state index in [0.29, 0.717) is 22.9 Å². The summed E-state index contributed by atoms with van der Waals surface area (Å²) >= 11 is 0. The number of carbonyl (C=O) groups is 2. The van der Waals surface area contributed by atoms with Crippen LogP contribution in [0.2, 0.25) is 0 Å². The van der Waals surface area contributed by atoms with Crippen molar-refractivity contribution < 1.29 is 18.4 Å². The van der Waals surface area contributed by atoms with Gasteiger partial charge < -0.3 is 8.83 Å². The fourth-order valence-electron chi connectivity index (χ4n) is 2.00. The molecule has 8 nitrogen and oxygen atoms in total. The molecule has 2 aromatic rings. The summed E-state index contributed by atoms with van der Waals surface area (Å²) in [4.78, 5) is 23.5. The second-order valence-corrected chi connectivity index (χ2v) is 5.78. The van der Waals surface area contributed by atoms with Crippen LogP contribution in [0, 0.1) is 13.8 Å². The van der Waals surface area contributed by atoms with Crippen LogP contribution in [0.5, 0.6) is 0 Å². The Kier molecular flexibility index (Phi) is 6.48. The summed E-state index contributed by atoms with van der Waals surface area (Å²) in [6.07, 6.45) is -0.0115. The fraction of sp³-hybridized carbons (Fsp3) is 0.333. The van der Waals surface area contributed by atoms with Crippen LogP contribution in [-0.2, 0) is 9.59 Å². The molecule has 26 heavy (non-hydrogen) atoms. The number of aryl methyl sites for hydroxylation is 2. The lowest BCUT2D eigenvalue weighted by Crippen LogP contribution is -2.24. The number of hydrazone groups is 2. The zero-order chi connectivity index (χ0) is 19.1. The Bertz CT molecular complexity index is 775. The zero-order valence-electron chi connectivity index (χ0n) is 15.3. The van der Waals surface area contributed by atoms with E-state index < -0.39 is 0 Å². The van der Waals surface area contributed by atoms with Gasteiger partial charge in [0, 0.05) is 12.8 Å². The van der Waals surface area contributed by atoms with Crippen LogP contribution in [0.1, 0.15) is 49.7 Å². The van der Waals surface area contributed by atoms with Crippen molar-refractivity contribution in [2.24, 2.45) is 10.2 Å². The Hall–Kier alpha value is -3.16. The molecule has 0 aliphatic rings. The minimum Gasteiger partial charge on any atom is -0.460 e. The van der Waals surface area contributed by atoms with Gasteiger partial charge in [-0.2, -0.15) is 10.2 Å². The average Bonchev–Trinajstić information content (AvgIpc) is 3.24. The zero-order valence-corrected chi connectivity index (χ0v) is 15.3. The third-order valence-electron chi connectivity index (χ3n) is 3.47. The van der Waals surface area contributed by atoms with E-state index >= 15 is 0 Å². The average molecular weight is 358 g/mol. The van der Waals surface area contributed by atoms with Gasteiger partial charge in [-0.05, 0) is 52.0 Å². The Labute approximate surface area is 151 Å². The van der Waals surface area contributed by atoms with Crippen molar-refractivity contribution in [2.75, 3.05) is 0 Å². The summed E-state index contributed by atoms with van der Waals surface area (Å²) in [5, 5.41) is 7.91. The third-order valence-corrected chi connectivity index (χ3v) is 3.47. The topological polar surface area (TPSA) is 109 Å². The van der Waals surface area contributed by atoms with E-state index in [1.165, 1.54) is 0 Å². The first-order valence-electron chi connectivity index (χ1n) is 8.15. The maximum atomic E-state index is 11.8. The van der Waals surface area contributed by atoms with Gasteiger partial charge in [-0.1, -0.05) is 0 Å². The van der Waals surface area contributed by atoms with Gasteiger partial charge in [0.1, 0.15) is 34.5 Å². The molecule has 0 aromatic carbocycles. The molecular weight excluding hydrogens is 336 g/mol. The Morgan fingerprint density at radius 3 is 1.50 bits per heavy atom. The predicted octanol–water partition coefficient (Wildman–Crippen LogP) is 2.65. The van der Waals surface area contributed by atoms with Crippen LogP contribution >= 0.6 is 0 Å². The highest BCUT2D eigenvalue weighted by molar-refractivity contribution is 5.97. The van der Waals surface area contributed by atoms with E-state index in [1.807, 2.05) is 26.0 Å². The second kappa shape index (κ2) is 8.80. The van der Waals surface area contributed by atoms with Crippen LogP contribution in [0.3, 0.4) is 0 Å². The summed E-state index contributed by atoms with van der Waals surface area (Å²) < 4.78 is 10.8. The number of nitrogens with one attached hydrogen (secondary N) is 2. The summed E-state index contributed by atoms with van der Waals surface area (Å²) in [5.74, 6) is 1.95. The van der Waals surface area contributed by atoms with Crippen molar-refractivity contribution in [3.63, 3.8) is 0 Å². The summed E-state index contributed by atoms with van der Waals surface area (Å²) in [7, 11) is 0. The first-order chi connectivity index (χ1) is 12.3. The van der Waals surface area contributed by atoms with Gasteiger partial charge in [0.2, 0.25) is 11.8 Å². The molecule has 2 amide bonds. The Balaban J connectivity index is 1.75. The second-order valence-electron chi connectivity index (χ2n) is 5.78. The van der Waals surface area contributed by atoms with Gasteiger partial charge in [-0.3, -0.25) is 9.59 Å². The Morgan fingerprint density at radius 2 is 1.19 bits per heavy atom. The molecule has 0 spiro atoms. The summed E-state index contributed by atoms with van der Waals surface area (Å²) in [6, 6.07) is 7.17. The molecule has 2 heterocycles. The number of nitrogens with zero attached hydrogens (tertiary/aromatic N) is 2. The Morgan fingerprint density at radius 1 is 0.808 bits per heavy atom. The molecule has 0 unspecified atom stereocenters. The number of hydrogen-bond acceptors (Lipinski definition) is 6. The molecule has 138 valence electrons. The molecule has 8 heteroatoms. The lowest BCUT2D eigenvalue weighted by atomic mass is 10.3. The monoisotopic (exact) mass is 358 g/mol. The molecule has 0 aliphatic carbocycles. The first kappa shape index (κ1) is 19.2. The molecule has 2 rings (SSSR count). The van der Waals surface area contributed by atoms with E-state index in [0.717, 1.165) is 11.5 Å². The minimum atomic E-state index is -0.370. The van der Waals surface area contributed by atoms with Gasteiger partial charge in [0.05, 0.1) is 0 Å². The number of carbonyl (C=O) groups excluding carboxylic acids is 2. The SMILES string of the molecule is CC(=NNC(=O)CCC(=O)NN=C(C)c1ccc(C)o1)c1ccc(C)o1. The predicted molar refractivity (Wildman–Crippen MR) is 96.8 cm³/mol. The molecule has 2 N–H and O–H groups in total. The van der Waals surface area contributed by atoms with E-state index in [-0.39, 0.29) is 24.7 Å². The van der Waals surface area contributed by atoms with E-state index in [2.05, 4.69) is 21.1 Å². The normalized spacial score (nSPS) is 12.2. The lowest BCUT2D eigenvalue weighted by Gasteiger charge is -2.02. The summed E-state index contributed by atoms with van der Waals surface area (Å²) in [5.41, 5.74) is 5.89. The number of amides is 2. The molecule has 0 fully saturated rings. The highest BCUT2D eigenvalue weighted by Gasteiger charge is 2.08. The van der Waals surface area contributed by atoms with Crippen molar-refractivity contribution >= 4 is 23.2 Å². The van der Waals surface area contributed by atoms with Crippen molar-refractivity contribution in [3.05, 3.63) is 47.3 Å². The van der Waals surface area contributed by atoms with Crippen molar-refractivity contribution in [3.8, 4) is 0 Å². The lowest BCUT2D eigenvalue weighted by molar-refractivity contribution is -0.126. The van der Waals surface area contributed by atoms with Crippen LogP contribution in [0.4, 0.5) is 0 Å². The van der Waals surface area contributed by atoms with Crippen LogP contribution in [-0.4, -0.2) is 23.2 Å². The molecular formula is C18H22N4O4. The maximum Gasteiger partial charge on any atom is 0.240 e. The number of rotatable bonds is 7. The molecule has 0 saturated carbocycles. The van der Waals surface area contributed by atoms with Crippen LogP contribution in [0.25, 0.3) is 0 Å². The number of furan rings is 2. The van der Waals surface area contributed by atoms with Gasteiger partial charge >= 0.3 is 0 Å². The van der Waals surface area contributed by atoms with Crippen molar-refractivity contribution in [1.82, 2.24) is 10.9 Å². The molecule has 0 saturated heterocycles. The third kappa shape index (κ3) is 5.73. The largest absolute Gasteiger partial charge is 0.460 e. The highest BCUT2D eigenvalue weighted by Crippen LogP contribution is 2.08. The molecule has 0 aliphatic heterocycles. The van der Waals surface area contributed by atoms with Crippen LogP contribution in [0.15, 0.2) is 43.3 Å². The smallest absolute Gasteiger partial charge is 0.240 e. The molecule has 2 aromatic heterocycles. The first-order valence-corrected chi connectivity index (χ1v) is 8.15. The van der Waals surface area contributed by atoms with E-state index in [4.69, 9.17) is 8.83 Å². The quantitative estimate of drug-likeness (QED) is 0.586. The highest BCUT2D eigenvalue weighted by atomic mass is 16.3. The van der Waals surface area contributed by atoms with Crippen molar-refractivity contribution in [2.45, 2.75) is 40.5 Å². The minimum absolute atomic E-state index is 0.00573.